The Hall–Kier alpha value is -2.71. The maximum Gasteiger partial charge on any atom is 0.338 e. The van der Waals surface area contributed by atoms with Gasteiger partial charge in [-0.05, 0) is 50.1 Å². The van der Waals surface area contributed by atoms with Gasteiger partial charge in [0, 0.05) is 18.8 Å². The van der Waals surface area contributed by atoms with E-state index in [4.69, 9.17) is 4.74 Å². The van der Waals surface area contributed by atoms with Gasteiger partial charge in [0.05, 0.1) is 10.5 Å². The average molecular weight is 433 g/mol. The molecule has 0 heterocycles. The number of carbonyl (C=O) groups is 2. The van der Waals surface area contributed by atoms with Gasteiger partial charge in [0.1, 0.15) is 0 Å². The topological polar surface area (TPSA) is 92.8 Å². The molecule has 8 heteroatoms. The van der Waals surface area contributed by atoms with Crippen molar-refractivity contribution in [3.8, 4) is 0 Å². The first-order valence-corrected chi connectivity index (χ1v) is 11.2. The summed E-state index contributed by atoms with van der Waals surface area (Å²) in [5, 5.41) is 2.72. The van der Waals surface area contributed by atoms with Gasteiger partial charge in [0.2, 0.25) is 10.0 Å². The van der Waals surface area contributed by atoms with E-state index in [0.29, 0.717) is 24.3 Å². The maximum atomic E-state index is 12.9. The van der Waals surface area contributed by atoms with Crippen LogP contribution >= 0.6 is 0 Å². The van der Waals surface area contributed by atoms with Crippen LogP contribution in [0.25, 0.3) is 0 Å². The number of ether oxygens (including phenoxy) is 1. The molecule has 1 atom stereocenters. The molecule has 0 aliphatic rings. The molecule has 2 aromatic carbocycles. The Morgan fingerprint density at radius 2 is 1.67 bits per heavy atom. The lowest BCUT2D eigenvalue weighted by Crippen LogP contribution is -2.32. The monoisotopic (exact) mass is 432 g/mol. The number of para-hydroxylation sites is 1. The van der Waals surface area contributed by atoms with E-state index in [1.54, 1.807) is 39.0 Å². The normalized spacial score (nSPS) is 12.5. The fourth-order valence-corrected chi connectivity index (χ4v) is 4.65. The van der Waals surface area contributed by atoms with Gasteiger partial charge < -0.3 is 10.1 Å². The van der Waals surface area contributed by atoms with E-state index >= 15 is 0 Å². The molecule has 0 aliphatic carbocycles. The van der Waals surface area contributed by atoms with Crippen molar-refractivity contribution in [3.05, 3.63) is 59.2 Å². The third kappa shape index (κ3) is 5.25. The van der Waals surface area contributed by atoms with Crippen molar-refractivity contribution in [3.63, 3.8) is 0 Å². The van der Waals surface area contributed by atoms with E-state index in [1.807, 2.05) is 19.1 Å². The van der Waals surface area contributed by atoms with Crippen molar-refractivity contribution < 1.29 is 22.7 Å². The molecule has 0 aromatic heterocycles. The van der Waals surface area contributed by atoms with Crippen LogP contribution in [-0.2, 0) is 19.6 Å². The molecule has 0 saturated heterocycles. The molecule has 0 bridgehead atoms. The van der Waals surface area contributed by atoms with Gasteiger partial charge in [-0.15, -0.1) is 0 Å². The van der Waals surface area contributed by atoms with E-state index in [1.165, 1.54) is 23.4 Å². The molecule has 1 amide bonds. The van der Waals surface area contributed by atoms with Crippen molar-refractivity contribution in [1.29, 1.82) is 0 Å². The minimum absolute atomic E-state index is 0.0534. The number of anilines is 1. The number of carbonyl (C=O) groups excluding carboxylic acids is 2. The molecule has 0 saturated carbocycles. The summed E-state index contributed by atoms with van der Waals surface area (Å²) in [6, 6.07) is 11.6. The largest absolute Gasteiger partial charge is 0.449 e. The quantitative estimate of drug-likeness (QED) is 0.645. The summed E-state index contributed by atoms with van der Waals surface area (Å²) in [5.41, 5.74) is 2.12. The molecule has 0 fully saturated rings. The molecule has 1 N–H and O–H groups in total. The zero-order chi connectivity index (χ0) is 22.5. The minimum atomic E-state index is -3.73. The standard InChI is InChI=1S/C22H28N2O5S/c1-6-24(7-2)30(27,28)20-14-18(13-12-16(20)4)22(26)29-17(5)21(25)23-19-11-9-8-10-15(19)3/h8-14,17H,6-7H2,1-5H3,(H,23,25)/t17-/m0/s1. The number of hydrogen-bond donors (Lipinski definition) is 1. The summed E-state index contributed by atoms with van der Waals surface area (Å²) in [6.45, 7) is 9.14. The second-order valence-electron chi connectivity index (χ2n) is 6.92. The summed E-state index contributed by atoms with van der Waals surface area (Å²) in [6.07, 6.45) is -1.05. The molecule has 0 aliphatic heterocycles. The zero-order valence-electron chi connectivity index (χ0n) is 17.9. The van der Waals surface area contributed by atoms with Gasteiger partial charge in [0.15, 0.2) is 6.10 Å². The summed E-state index contributed by atoms with van der Waals surface area (Å²) in [5.74, 6) is -1.24. The highest BCUT2D eigenvalue weighted by Gasteiger charge is 2.26. The van der Waals surface area contributed by atoms with Crippen molar-refractivity contribution in [2.24, 2.45) is 0 Å². The second kappa shape index (κ2) is 9.86. The Labute approximate surface area is 178 Å². The molecule has 0 unspecified atom stereocenters. The fourth-order valence-electron chi connectivity index (χ4n) is 2.94. The number of nitrogens with one attached hydrogen (secondary N) is 1. The number of amides is 1. The summed E-state index contributed by atoms with van der Waals surface area (Å²) in [7, 11) is -3.73. The Kier molecular flexibility index (Phi) is 7.75. The SMILES string of the molecule is CCN(CC)S(=O)(=O)c1cc(C(=O)O[C@@H](C)C(=O)Nc2ccccc2C)ccc1C. The number of rotatable bonds is 8. The lowest BCUT2D eigenvalue weighted by Gasteiger charge is -2.20. The third-order valence-electron chi connectivity index (χ3n) is 4.80. The van der Waals surface area contributed by atoms with Gasteiger partial charge in [-0.1, -0.05) is 38.1 Å². The van der Waals surface area contributed by atoms with Crippen LogP contribution < -0.4 is 5.32 Å². The first-order valence-electron chi connectivity index (χ1n) is 9.80. The minimum Gasteiger partial charge on any atom is -0.449 e. The van der Waals surface area contributed by atoms with Crippen LogP contribution in [-0.4, -0.2) is 43.8 Å². The highest BCUT2D eigenvalue weighted by atomic mass is 32.2. The zero-order valence-corrected chi connectivity index (χ0v) is 18.7. The number of esters is 1. The third-order valence-corrected chi connectivity index (χ3v) is 6.99. The number of sulfonamides is 1. The van der Waals surface area contributed by atoms with Crippen LogP contribution in [0.15, 0.2) is 47.4 Å². The van der Waals surface area contributed by atoms with E-state index in [-0.39, 0.29) is 10.5 Å². The molecule has 2 aromatic rings. The van der Waals surface area contributed by atoms with Crippen LogP contribution in [0.2, 0.25) is 0 Å². The van der Waals surface area contributed by atoms with E-state index in [9.17, 15) is 18.0 Å². The van der Waals surface area contributed by atoms with Crippen LogP contribution in [0.1, 0.15) is 42.3 Å². The predicted octanol–water partition coefficient (Wildman–Crippen LogP) is 3.52. The summed E-state index contributed by atoms with van der Waals surface area (Å²) < 4.78 is 32.3. The molecular formula is C22H28N2O5S. The molecule has 162 valence electrons. The van der Waals surface area contributed by atoms with Gasteiger partial charge in [0.25, 0.3) is 5.91 Å². The summed E-state index contributed by atoms with van der Waals surface area (Å²) in [4.78, 5) is 25.0. The van der Waals surface area contributed by atoms with Crippen LogP contribution in [0.4, 0.5) is 5.69 Å². The molecule has 0 spiro atoms. The van der Waals surface area contributed by atoms with Gasteiger partial charge >= 0.3 is 5.97 Å². The van der Waals surface area contributed by atoms with Crippen molar-refractivity contribution in [2.75, 3.05) is 18.4 Å². The fraction of sp³-hybridized carbons (Fsp3) is 0.364. The number of nitrogens with zero attached hydrogens (tertiary/aromatic N) is 1. The van der Waals surface area contributed by atoms with E-state index < -0.39 is 28.0 Å². The maximum absolute atomic E-state index is 12.9. The van der Waals surface area contributed by atoms with E-state index in [2.05, 4.69) is 5.32 Å². The first-order chi connectivity index (χ1) is 14.1. The Bertz CT molecular complexity index is 1030. The average Bonchev–Trinajstić information content (AvgIpc) is 2.70. The first kappa shape index (κ1) is 23.6. The van der Waals surface area contributed by atoms with Gasteiger partial charge in [-0.25, -0.2) is 13.2 Å². The number of benzene rings is 2. The van der Waals surface area contributed by atoms with Crippen LogP contribution in [0.5, 0.6) is 0 Å². The van der Waals surface area contributed by atoms with Crippen molar-refractivity contribution in [2.45, 2.75) is 45.6 Å². The smallest absolute Gasteiger partial charge is 0.338 e. The Morgan fingerprint density at radius 1 is 1.03 bits per heavy atom. The van der Waals surface area contributed by atoms with Gasteiger partial charge in [-0.3, -0.25) is 4.79 Å². The highest BCUT2D eigenvalue weighted by Crippen LogP contribution is 2.22. The Balaban J connectivity index is 2.19. The molecule has 0 radical (unpaired) electrons. The molecule has 2 rings (SSSR count). The molecule has 7 nitrogen and oxygen atoms in total. The van der Waals surface area contributed by atoms with Crippen molar-refractivity contribution >= 4 is 27.6 Å². The summed E-state index contributed by atoms with van der Waals surface area (Å²) >= 11 is 0. The second-order valence-corrected chi connectivity index (χ2v) is 8.83. The lowest BCUT2D eigenvalue weighted by atomic mass is 10.1. The Morgan fingerprint density at radius 3 is 2.27 bits per heavy atom. The number of aryl methyl sites for hydroxylation is 2. The van der Waals surface area contributed by atoms with Crippen LogP contribution in [0, 0.1) is 13.8 Å². The van der Waals surface area contributed by atoms with Gasteiger partial charge in [-0.2, -0.15) is 4.31 Å². The molecule has 30 heavy (non-hydrogen) atoms. The van der Waals surface area contributed by atoms with Crippen LogP contribution in [0.3, 0.4) is 0 Å². The highest BCUT2D eigenvalue weighted by molar-refractivity contribution is 7.89. The van der Waals surface area contributed by atoms with Crippen molar-refractivity contribution in [1.82, 2.24) is 4.31 Å². The van der Waals surface area contributed by atoms with E-state index in [0.717, 1.165) is 5.56 Å². The lowest BCUT2D eigenvalue weighted by molar-refractivity contribution is -0.123. The predicted molar refractivity (Wildman–Crippen MR) is 116 cm³/mol. The molecular weight excluding hydrogens is 404 g/mol. The number of hydrogen-bond acceptors (Lipinski definition) is 5.